The van der Waals surface area contributed by atoms with E-state index in [9.17, 15) is 4.79 Å². The average Bonchev–Trinajstić information content (AvgIpc) is 2.84. The van der Waals surface area contributed by atoms with Crippen molar-refractivity contribution in [1.82, 2.24) is 9.80 Å². The van der Waals surface area contributed by atoms with Crippen molar-refractivity contribution < 1.29 is 9.21 Å². The number of nitrogens with zero attached hydrogens (tertiary/aromatic N) is 2. The predicted molar refractivity (Wildman–Crippen MR) is 81.9 cm³/mol. The van der Waals surface area contributed by atoms with Crippen LogP contribution in [0.1, 0.15) is 50.5 Å². The molecule has 1 aromatic heterocycles. The number of carbonyl (C=O) groups is 1. The molecule has 116 valence electrons. The molecular formula is C17H26N2O2. The number of amides is 1. The van der Waals surface area contributed by atoms with Crippen molar-refractivity contribution >= 4 is 5.91 Å². The van der Waals surface area contributed by atoms with Crippen molar-refractivity contribution in [3.8, 4) is 0 Å². The molecule has 1 atom stereocenters. The van der Waals surface area contributed by atoms with Crippen LogP contribution in [-0.2, 0) is 11.3 Å². The summed E-state index contributed by atoms with van der Waals surface area (Å²) in [7, 11) is 0. The molecule has 2 saturated heterocycles. The summed E-state index contributed by atoms with van der Waals surface area (Å²) in [5.41, 5.74) is 0.0734. The van der Waals surface area contributed by atoms with E-state index in [2.05, 4.69) is 15.9 Å². The maximum atomic E-state index is 12.0. The summed E-state index contributed by atoms with van der Waals surface area (Å²) in [6.07, 6.45) is 5.88. The van der Waals surface area contributed by atoms with Crippen LogP contribution < -0.4 is 0 Å². The second-order valence-electron chi connectivity index (χ2n) is 6.68. The van der Waals surface area contributed by atoms with Gasteiger partial charge in [-0.3, -0.25) is 9.69 Å². The highest BCUT2D eigenvalue weighted by Crippen LogP contribution is 2.36. The SMILES string of the molecule is CC(=O)N1CCCC[C@@]12CCCN(Cc1ccc(C)o1)C2. The molecule has 3 rings (SSSR count). The van der Waals surface area contributed by atoms with Crippen molar-refractivity contribution in [1.29, 1.82) is 0 Å². The Morgan fingerprint density at radius 1 is 1.24 bits per heavy atom. The van der Waals surface area contributed by atoms with Crippen LogP contribution in [0.4, 0.5) is 0 Å². The minimum Gasteiger partial charge on any atom is -0.465 e. The molecule has 4 heteroatoms. The first kappa shape index (κ1) is 14.6. The van der Waals surface area contributed by atoms with Crippen molar-refractivity contribution in [2.45, 2.75) is 58.0 Å². The number of carbonyl (C=O) groups excluding carboxylic acids is 1. The molecule has 0 bridgehead atoms. The first-order valence-electron chi connectivity index (χ1n) is 8.15. The molecular weight excluding hydrogens is 264 g/mol. The molecule has 0 aromatic carbocycles. The fourth-order valence-electron chi connectivity index (χ4n) is 4.14. The standard InChI is InChI=1S/C17H26N2O2/c1-14-6-7-16(21-14)12-18-10-5-9-17(13-18)8-3-4-11-19(17)15(2)20/h6-7H,3-5,8-13H2,1-2H3/t17-/m0/s1. The van der Waals surface area contributed by atoms with E-state index in [1.807, 2.05) is 13.0 Å². The Balaban J connectivity index is 1.73. The predicted octanol–water partition coefficient (Wildman–Crippen LogP) is 2.96. The van der Waals surface area contributed by atoms with Gasteiger partial charge in [0.2, 0.25) is 5.91 Å². The highest BCUT2D eigenvalue weighted by molar-refractivity contribution is 5.74. The molecule has 21 heavy (non-hydrogen) atoms. The highest BCUT2D eigenvalue weighted by Gasteiger charge is 2.43. The van der Waals surface area contributed by atoms with E-state index in [-0.39, 0.29) is 11.4 Å². The molecule has 0 aliphatic carbocycles. The number of aryl methyl sites for hydroxylation is 1. The lowest BCUT2D eigenvalue weighted by Crippen LogP contribution is -2.61. The molecule has 0 radical (unpaired) electrons. The zero-order chi connectivity index (χ0) is 14.9. The van der Waals surface area contributed by atoms with Gasteiger partial charge in [-0.05, 0) is 57.7 Å². The van der Waals surface area contributed by atoms with E-state index in [4.69, 9.17) is 4.42 Å². The van der Waals surface area contributed by atoms with Gasteiger partial charge < -0.3 is 9.32 Å². The zero-order valence-corrected chi connectivity index (χ0v) is 13.2. The molecule has 0 N–H and O–H groups in total. The second-order valence-corrected chi connectivity index (χ2v) is 6.68. The van der Waals surface area contributed by atoms with Crippen LogP contribution in [0.2, 0.25) is 0 Å². The van der Waals surface area contributed by atoms with Crippen LogP contribution in [0.25, 0.3) is 0 Å². The lowest BCUT2D eigenvalue weighted by atomic mass is 9.79. The van der Waals surface area contributed by atoms with E-state index >= 15 is 0 Å². The van der Waals surface area contributed by atoms with Gasteiger partial charge in [-0.1, -0.05) is 0 Å². The lowest BCUT2D eigenvalue weighted by Gasteiger charge is -2.52. The van der Waals surface area contributed by atoms with Crippen molar-refractivity contribution in [3.05, 3.63) is 23.7 Å². The molecule has 2 aliphatic rings. The van der Waals surface area contributed by atoms with Crippen LogP contribution in [0.5, 0.6) is 0 Å². The molecule has 1 spiro atoms. The summed E-state index contributed by atoms with van der Waals surface area (Å²) in [6.45, 7) is 7.60. The number of likely N-dealkylation sites (tertiary alicyclic amines) is 2. The molecule has 2 aliphatic heterocycles. The summed E-state index contributed by atoms with van der Waals surface area (Å²) in [5.74, 6) is 2.25. The normalized spacial score (nSPS) is 27.2. The maximum absolute atomic E-state index is 12.0. The Morgan fingerprint density at radius 2 is 2.05 bits per heavy atom. The van der Waals surface area contributed by atoms with Crippen molar-refractivity contribution in [2.75, 3.05) is 19.6 Å². The molecule has 1 amide bonds. The minimum atomic E-state index is 0.0734. The summed E-state index contributed by atoms with van der Waals surface area (Å²) >= 11 is 0. The third kappa shape index (κ3) is 3.00. The van der Waals surface area contributed by atoms with E-state index in [0.29, 0.717) is 0 Å². The smallest absolute Gasteiger partial charge is 0.219 e. The Hall–Kier alpha value is -1.29. The zero-order valence-electron chi connectivity index (χ0n) is 13.2. The van der Waals surface area contributed by atoms with Crippen molar-refractivity contribution in [3.63, 3.8) is 0 Å². The minimum absolute atomic E-state index is 0.0734. The molecule has 4 nitrogen and oxygen atoms in total. The van der Waals surface area contributed by atoms with Gasteiger partial charge in [-0.25, -0.2) is 0 Å². The van der Waals surface area contributed by atoms with Crippen LogP contribution in [0.3, 0.4) is 0 Å². The Kier molecular flexibility index (Phi) is 4.07. The first-order valence-corrected chi connectivity index (χ1v) is 8.15. The van der Waals surface area contributed by atoms with Gasteiger partial charge in [0.15, 0.2) is 0 Å². The molecule has 0 saturated carbocycles. The second kappa shape index (κ2) is 5.84. The van der Waals surface area contributed by atoms with Gasteiger partial charge in [0.05, 0.1) is 12.1 Å². The molecule has 0 unspecified atom stereocenters. The van der Waals surface area contributed by atoms with E-state index < -0.39 is 0 Å². The Labute approximate surface area is 127 Å². The van der Waals surface area contributed by atoms with Crippen LogP contribution in [0.15, 0.2) is 16.5 Å². The quantitative estimate of drug-likeness (QED) is 0.840. The monoisotopic (exact) mass is 290 g/mol. The van der Waals surface area contributed by atoms with E-state index in [1.54, 1.807) is 6.92 Å². The fraction of sp³-hybridized carbons (Fsp3) is 0.706. The number of rotatable bonds is 2. The lowest BCUT2D eigenvalue weighted by molar-refractivity contribution is -0.141. The summed E-state index contributed by atoms with van der Waals surface area (Å²) in [5, 5.41) is 0. The van der Waals surface area contributed by atoms with Gasteiger partial charge >= 0.3 is 0 Å². The number of hydrogen-bond acceptors (Lipinski definition) is 3. The Morgan fingerprint density at radius 3 is 2.76 bits per heavy atom. The van der Waals surface area contributed by atoms with Crippen LogP contribution >= 0.6 is 0 Å². The van der Waals surface area contributed by atoms with Crippen molar-refractivity contribution in [2.24, 2.45) is 0 Å². The van der Waals surface area contributed by atoms with E-state index in [1.165, 1.54) is 12.8 Å². The molecule has 2 fully saturated rings. The number of piperidine rings is 2. The largest absolute Gasteiger partial charge is 0.465 e. The topological polar surface area (TPSA) is 36.7 Å². The van der Waals surface area contributed by atoms with Gasteiger partial charge in [0, 0.05) is 20.0 Å². The molecule has 1 aromatic rings. The van der Waals surface area contributed by atoms with Gasteiger partial charge in [-0.2, -0.15) is 0 Å². The Bertz CT molecular complexity index is 507. The van der Waals surface area contributed by atoms with Gasteiger partial charge in [0.1, 0.15) is 11.5 Å². The number of furan rings is 1. The number of hydrogen-bond donors (Lipinski definition) is 0. The first-order chi connectivity index (χ1) is 10.1. The summed E-state index contributed by atoms with van der Waals surface area (Å²) in [6, 6.07) is 4.09. The van der Waals surface area contributed by atoms with E-state index in [0.717, 1.165) is 57.0 Å². The summed E-state index contributed by atoms with van der Waals surface area (Å²) < 4.78 is 5.71. The van der Waals surface area contributed by atoms with Crippen LogP contribution in [-0.4, -0.2) is 40.9 Å². The fourth-order valence-corrected chi connectivity index (χ4v) is 4.14. The molecule has 3 heterocycles. The summed E-state index contributed by atoms with van der Waals surface area (Å²) in [4.78, 5) is 16.6. The van der Waals surface area contributed by atoms with Crippen LogP contribution in [0, 0.1) is 6.92 Å². The van der Waals surface area contributed by atoms with Gasteiger partial charge in [-0.15, -0.1) is 0 Å². The van der Waals surface area contributed by atoms with Gasteiger partial charge in [0.25, 0.3) is 0 Å². The third-order valence-corrected chi connectivity index (χ3v) is 5.04. The highest BCUT2D eigenvalue weighted by atomic mass is 16.3. The maximum Gasteiger partial charge on any atom is 0.219 e. The third-order valence-electron chi connectivity index (χ3n) is 5.04. The average molecular weight is 290 g/mol.